The molecule has 0 radical (unpaired) electrons. The van der Waals surface area contributed by atoms with Crippen LogP contribution in [0.3, 0.4) is 0 Å². The quantitative estimate of drug-likeness (QED) is 0.758. The minimum absolute atomic E-state index is 0.0941. The van der Waals surface area contributed by atoms with Crippen LogP contribution in [-0.2, 0) is 0 Å². The fourth-order valence-electron chi connectivity index (χ4n) is 2.19. The van der Waals surface area contributed by atoms with Crippen molar-refractivity contribution in [1.29, 1.82) is 0 Å². The molecule has 22 heavy (non-hydrogen) atoms. The molecule has 6 heteroatoms. The molecule has 0 spiro atoms. The van der Waals surface area contributed by atoms with Gasteiger partial charge in [0.15, 0.2) is 11.6 Å². The Labute approximate surface area is 123 Å². The molecule has 112 valence electrons. The maximum absolute atomic E-state index is 13.7. The molecule has 1 heterocycles. The van der Waals surface area contributed by atoms with Crippen LogP contribution in [0.4, 0.5) is 17.6 Å². The lowest BCUT2D eigenvalue weighted by Gasteiger charge is -2.14. The third-order valence-electron chi connectivity index (χ3n) is 3.33. The molecule has 0 fully saturated rings. The van der Waals surface area contributed by atoms with Gasteiger partial charge in [-0.15, -0.1) is 0 Å². The third kappa shape index (κ3) is 2.77. The van der Waals surface area contributed by atoms with E-state index in [9.17, 15) is 17.6 Å². The van der Waals surface area contributed by atoms with E-state index in [1.165, 1.54) is 12.1 Å². The summed E-state index contributed by atoms with van der Waals surface area (Å²) in [7, 11) is 0. The molecule has 0 amide bonds. The molecule has 1 aliphatic heterocycles. The minimum atomic E-state index is -0.959. The van der Waals surface area contributed by atoms with E-state index in [1.807, 2.05) is 0 Å². The van der Waals surface area contributed by atoms with Crippen LogP contribution in [0.1, 0.15) is 11.1 Å². The zero-order valence-electron chi connectivity index (χ0n) is 11.3. The van der Waals surface area contributed by atoms with Crippen LogP contribution >= 0.6 is 0 Å². The highest BCUT2D eigenvalue weighted by atomic mass is 19.2. The second-order valence-electron chi connectivity index (χ2n) is 4.78. The first kappa shape index (κ1) is 14.4. The summed E-state index contributed by atoms with van der Waals surface area (Å²) in [6.45, 7) is 0.216. The second-order valence-corrected chi connectivity index (χ2v) is 4.78. The van der Waals surface area contributed by atoms with Crippen molar-refractivity contribution in [2.75, 3.05) is 13.1 Å². The van der Waals surface area contributed by atoms with Gasteiger partial charge >= 0.3 is 0 Å². The normalized spacial score (nSPS) is 14.5. The Balaban J connectivity index is 1.83. The Hall–Kier alpha value is -2.50. The standard InChI is InChI=1S/C16H10F4N2/c17-10-2-3-11(13(19)6-10)16-8-21-15(7-22-16)9-1-4-12(18)14(20)5-9/h1-6H,7-8H2. The van der Waals surface area contributed by atoms with Crippen molar-refractivity contribution in [3.05, 3.63) is 70.8 Å². The predicted molar refractivity (Wildman–Crippen MR) is 75.5 cm³/mol. The first-order chi connectivity index (χ1) is 10.5. The van der Waals surface area contributed by atoms with Crippen LogP contribution in [0, 0.1) is 23.3 Å². The van der Waals surface area contributed by atoms with Gasteiger partial charge in [0.1, 0.15) is 11.6 Å². The highest BCUT2D eigenvalue weighted by Gasteiger charge is 2.16. The molecule has 0 aliphatic carbocycles. The Bertz CT molecular complexity index is 797. The van der Waals surface area contributed by atoms with Crippen LogP contribution < -0.4 is 0 Å². The van der Waals surface area contributed by atoms with E-state index in [0.717, 1.165) is 24.3 Å². The molecule has 2 aromatic rings. The summed E-state index contributed by atoms with van der Waals surface area (Å²) in [4.78, 5) is 8.44. The smallest absolute Gasteiger partial charge is 0.159 e. The van der Waals surface area contributed by atoms with Crippen LogP contribution in [-0.4, -0.2) is 24.5 Å². The Morgan fingerprint density at radius 3 is 2.05 bits per heavy atom. The molecular weight excluding hydrogens is 296 g/mol. The van der Waals surface area contributed by atoms with Gasteiger partial charge in [0, 0.05) is 17.2 Å². The molecule has 0 saturated heterocycles. The summed E-state index contributed by atoms with van der Waals surface area (Å²) in [5.74, 6) is -3.26. The zero-order chi connectivity index (χ0) is 15.7. The lowest BCUT2D eigenvalue weighted by Crippen LogP contribution is -2.20. The number of rotatable bonds is 2. The largest absolute Gasteiger partial charge is 0.281 e. The van der Waals surface area contributed by atoms with Gasteiger partial charge in [0.25, 0.3) is 0 Å². The van der Waals surface area contributed by atoms with E-state index < -0.39 is 23.3 Å². The SMILES string of the molecule is Fc1ccc(C2=NCC(c3ccc(F)c(F)c3)=NC2)c(F)c1. The number of halogens is 4. The zero-order valence-corrected chi connectivity index (χ0v) is 11.3. The highest BCUT2D eigenvalue weighted by molar-refractivity contribution is 6.10. The van der Waals surface area contributed by atoms with E-state index in [4.69, 9.17) is 0 Å². The first-order valence-electron chi connectivity index (χ1n) is 6.52. The maximum Gasteiger partial charge on any atom is 0.159 e. The first-order valence-corrected chi connectivity index (χ1v) is 6.52. The molecule has 2 nitrogen and oxygen atoms in total. The van der Waals surface area contributed by atoms with Crippen molar-refractivity contribution in [2.45, 2.75) is 0 Å². The maximum atomic E-state index is 13.7. The van der Waals surface area contributed by atoms with E-state index >= 15 is 0 Å². The van der Waals surface area contributed by atoms with Gasteiger partial charge in [0.2, 0.25) is 0 Å². The van der Waals surface area contributed by atoms with Crippen LogP contribution in [0.2, 0.25) is 0 Å². The molecule has 0 atom stereocenters. The lowest BCUT2D eigenvalue weighted by molar-refractivity contribution is 0.508. The predicted octanol–water partition coefficient (Wildman–Crippen LogP) is 3.54. The van der Waals surface area contributed by atoms with Crippen molar-refractivity contribution >= 4 is 11.4 Å². The molecule has 1 aliphatic rings. The molecule has 3 rings (SSSR count). The van der Waals surface area contributed by atoms with E-state index in [0.29, 0.717) is 17.0 Å². The van der Waals surface area contributed by atoms with Gasteiger partial charge in [-0.25, -0.2) is 17.6 Å². The van der Waals surface area contributed by atoms with Gasteiger partial charge in [-0.2, -0.15) is 0 Å². The van der Waals surface area contributed by atoms with E-state index in [2.05, 4.69) is 9.98 Å². The lowest BCUT2D eigenvalue weighted by atomic mass is 10.1. The van der Waals surface area contributed by atoms with Crippen molar-refractivity contribution in [3.8, 4) is 0 Å². The average Bonchev–Trinajstić information content (AvgIpc) is 2.50. The molecular formula is C16H10F4N2. The topological polar surface area (TPSA) is 24.7 Å². The van der Waals surface area contributed by atoms with Crippen molar-refractivity contribution in [2.24, 2.45) is 9.98 Å². The van der Waals surface area contributed by atoms with Gasteiger partial charge < -0.3 is 0 Å². The van der Waals surface area contributed by atoms with Gasteiger partial charge in [-0.1, -0.05) is 0 Å². The fourth-order valence-corrected chi connectivity index (χ4v) is 2.19. The minimum Gasteiger partial charge on any atom is -0.281 e. The Kier molecular flexibility index (Phi) is 3.75. The summed E-state index contributed by atoms with van der Waals surface area (Å²) in [5.41, 5.74) is 1.50. The monoisotopic (exact) mass is 306 g/mol. The van der Waals surface area contributed by atoms with E-state index in [-0.39, 0.29) is 18.7 Å². The Morgan fingerprint density at radius 1 is 0.682 bits per heavy atom. The molecule has 0 unspecified atom stereocenters. The summed E-state index contributed by atoms with van der Waals surface area (Å²) in [6.07, 6.45) is 0. The van der Waals surface area contributed by atoms with Crippen molar-refractivity contribution in [3.63, 3.8) is 0 Å². The number of hydrogen-bond donors (Lipinski definition) is 0. The van der Waals surface area contributed by atoms with Crippen LogP contribution in [0.25, 0.3) is 0 Å². The summed E-state index contributed by atoms with van der Waals surface area (Å²) < 4.78 is 52.7. The number of nitrogens with zero attached hydrogens (tertiary/aromatic N) is 2. The summed E-state index contributed by atoms with van der Waals surface area (Å²) >= 11 is 0. The molecule has 2 aromatic carbocycles. The molecule has 0 aromatic heterocycles. The number of aliphatic imine (C=N–C) groups is 2. The van der Waals surface area contributed by atoms with Gasteiger partial charge in [0.05, 0.1) is 24.5 Å². The number of hydrogen-bond acceptors (Lipinski definition) is 2. The van der Waals surface area contributed by atoms with Crippen molar-refractivity contribution in [1.82, 2.24) is 0 Å². The molecule has 0 saturated carbocycles. The number of benzene rings is 2. The van der Waals surface area contributed by atoms with Gasteiger partial charge in [-0.3, -0.25) is 9.98 Å². The molecule has 0 bridgehead atoms. The van der Waals surface area contributed by atoms with Gasteiger partial charge in [-0.05, 0) is 30.3 Å². The molecule has 0 N–H and O–H groups in total. The fraction of sp³-hybridized carbons (Fsp3) is 0.125. The highest BCUT2D eigenvalue weighted by Crippen LogP contribution is 2.16. The van der Waals surface area contributed by atoms with Crippen LogP contribution in [0.5, 0.6) is 0 Å². The average molecular weight is 306 g/mol. The second kappa shape index (κ2) is 5.71. The van der Waals surface area contributed by atoms with E-state index in [1.54, 1.807) is 0 Å². The van der Waals surface area contributed by atoms with Crippen LogP contribution in [0.15, 0.2) is 46.4 Å². The summed E-state index contributed by atoms with van der Waals surface area (Å²) in [6, 6.07) is 6.72. The third-order valence-corrected chi connectivity index (χ3v) is 3.33. The van der Waals surface area contributed by atoms with Crippen molar-refractivity contribution < 1.29 is 17.6 Å². The Morgan fingerprint density at radius 2 is 1.41 bits per heavy atom. The summed E-state index contributed by atoms with van der Waals surface area (Å²) in [5, 5.41) is 0.